The highest BCUT2D eigenvalue weighted by molar-refractivity contribution is 14.1. The monoisotopic (exact) mass is 602 g/mol. The van der Waals surface area contributed by atoms with E-state index in [-0.39, 0.29) is 33.7 Å². The second-order valence-corrected chi connectivity index (χ2v) is 10.9. The first-order valence-corrected chi connectivity index (χ1v) is 12.1. The van der Waals surface area contributed by atoms with Gasteiger partial charge < -0.3 is 10.2 Å². The number of nitrogens with one attached hydrogen (secondary N) is 1. The van der Waals surface area contributed by atoms with Crippen LogP contribution in [0.3, 0.4) is 0 Å². The van der Waals surface area contributed by atoms with E-state index in [9.17, 15) is 24.6 Å². The lowest BCUT2D eigenvalue weighted by Gasteiger charge is -2.32. The Hall–Kier alpha value is -1.88. The van der Waals surface area contributed by atoms with Gasteiger partial charge in [0.05, 0.1) is 22.5 Å². The number of nitrogens with zero attached hydrogens (tertiary/aromatic N) is 1. The number of anilines is 1. The number of aromatic hydroxyl groups is 1. The summed E-state index contributed by atoms with van der Waals surface area (Å²) < 4.78 is 0.924. The number of carboxylic acids is 1. The number of phenolic OH excluding ortho intramolecular Hbond substituents is 1. The molecule has 2 aromatic carbocycles. The Labute approximate surface area is 214 Å². The molecular weight excluding hydrogens is 582 g/mol. The Morgan fingerprint density at radius 3 is 2.39 bits per heavy atom. The predicted octanol–water partition coefficient (Wildman–Crippen LogP) is 4.62. The topological polar surface area (TPSA) is 107 Å². The molecular formula is C23H21Cl2IN2O5. The fourth-order valence-corrected chi connectivity index (χ4v) is 5.92. The molecule has 0 aromatic heterocycles. The van der Waals surface area contributed by atoms with Crippen molar-refractivity contribution in [1.82, 2.24) is 5.32 Å². The maximum Gasteiger partial charge on any atom is 0.324 e. The fraction of sp³-hybridized carbons (Fsp3) is 0.348. The average Bonchev–Trinajstić information content (AvgIpc) is 3.20. The van der Waals surface area contributed by atoms with Gasteiger partial charge in [0.25, 0.3) is 0 Å². The largest absolute Gasteiger partial charge is 0.506 e. The Kier molecular flexibility index (Phi) is 6.41. The quantitative estimate of drug-likeness (QED) is 0.340. The van der Waals surface area contributed by atoms with E-state index in [0.717, 1.165) is 8.47 Å². The number of amides is 2. The summed E-state index contributed by atoms with van der Waals surface area (Å²) in [6.45, 7) is 3.70. The van der Waals surface area contributed by atoms with E-state index in [4.69, 9.17) is 23.2 Å². The second-order valence-electron chi connectivity index (χ2n) is 8.81. The van der Waals surface area contributed by atoms with E-state index in [1.54, 1.807) is 24.3 Å². The van der Waals surface area contributed by atoms with Gasteiger partial charge in [-0.2, -0.15) is 0 Å². The van der Waals surface area contributed by atoms with Crippen LogP contribution in [0.2, 0.25) is 10.0 Å². The van der Waals surface area contributed by atoms with Gasteiger partial charge in [0.15, 0.2) is 0 Å². The molecule has 0 saturated carbocycles. The van der Waals surface area contributed by atoms with Crippen molar-refractivity contribution >= 4 is 69.3 Å². The average molecular weight is 603 g/mol. The van der Waals surface area contributed by atoms with Crippen LogP contribution in [-0.4, -0.2) is 33.5 Å². The van der Waals surface area contributed by atoms with Crippen LogP contribution in [0.4, 0.5) is 5.69 Å². The number of carboxylic acid groups (broad SMARTS) is 1. The number of imide groups is 1. The zero-order valence-electron chi connectivity index (χ0n) is 17.7. The van der Waals surface area contributed by atoms with Gasteiger partial charge in [0.2, 0.25) is 11.8 Å². The zero-order valence-corrected chi connectivity index (χ0v) is 21.4. The minimum Gasteiger partial charge on any atom is -0.506 e. The maximum absolute atomic E-state index is 13.7. The van der Waals surface area contributed by atoms with E-state index in [1.807, 2.05) is 13.8 Å². The van der Waals surface area contributed by atoms with E-state index >= 15 is 0 Å². The molecule has 4 rings (SSSR count). The molecule has 3 N–H and O–H groups in total. The van der Waals surface area contributed by atoms with Crippen molar-refractivity contribution in [2.75, 3.05) is 4.90 Å². The molecule has 10 heteroatoms. The minimum absolute atomic E-state index is 0.0289. The summed E-state index contributed by atoms with van der Waals surface area (Å²) in [7, 11) is 0. The maximum atomic E-state index is 13.7. The van der Waals surface area contributed by atoms with Gasteiger partial charge in [-0.25, -0.2) is 4.90 Å². The lowest BCUT2D eigenvalue weighted by atomic mass is 9.75. The zero-order chi connectivity index (χ0) is 24.2. The first kappa shape index (κ1) is 24.3. The normalized spacial score (nSPS) is 26.8. The summed E-state index contributed by atoms with van der Waals surface area (Å²) in [5, 5.41) is 24.2. The Morgan fingerprint density at radius 2 is 1.82 bits per heavy atom. The van der Waals surface area contributed by atoms with E-state index in [0.29, 0.717) is 5.69 Å². The number of fused-ring (bicyclic) bond motifs is 1. The summed E-state index contributed by atoms with van der Waals surface area (Å²) in [5.41, 5.74) is -1.16. The van der Waals surface area contributed by atoms with Crippen molar-refractivity contribution in [3.8, 4) is 5.75 Å². The molecule has 0 radical (unpaired) electrons. The third-order valence-corrected chi connectivity index (χ3v) is 7.47. The molecule has 0 bridgehead atoms. The third-order valence-electron chi connectivity index (χ3n) is 6.24. The molecule has 2 aromatic rings. The van der Waals surface area contributed by atoms with E-state index < -0.39 is 41.2 Å². The number of carbonyl (C=O) groups excluding carboxylic acids is 2. The molecule has 0 spiro atoms. The molecule has 2 heterocycles. The van der Waals surface area contributed by atoms with Gasteiger partial charge in [-0.15, -0.1) is 0 Å². The molecule has 2 aliphatic rings. The summed E-state index contributed by atoms with van der Waals surface area (Å²) in [6, 6.07) is 8.65. The van der Waals surface area contributed by atoms with Gasteiger partial charge in [-0.3, -0.25) is 19.7 Å². The first-order valence-electron chi connectivity index (χ1n) is 10.3. The first-order chi connectivity index (χ1) is 15.5. The van der Waals surface area contributed by atoms with Gasteiger partial charge in [-0.1, -0.05) is 37.0 Å². The molecule has 7 nitrogen and oxygen atoms in total. The standard InChI is InChI=1S/C23H21Cl2IN2O5/c1-10(2)9-23(22(32)33)17-16(18(27-23)14-7-11(24)8-15(25)19(14)29)20(30)28(21(17)31)13-5-3-12(26)4-6-13/h3-8,10,16-18,27,29H,9H2,1-2H3,(H,32,33)/t16-,17+,18-,23-/m0/s1. The van der Waals surface area contributed by atoms with Crippen LogP contribution in [0.5, 0.6) is 5.75 Å². The molecule has 4 atom stereocenters. The SMILES string of the molecule is CC(C)C[C@]1(C(=O)O)N[C@@H](c2cc(Cl)cc(Cl)c2O)[C@H]2C(=O)N(c3ccc(I)cc3)C(=O)[C@@H]21. The Morgan fingerprint density at radius 1 is 1.18 bits per heavy atom. The van der Waals surface area contributed by atoms with Crippen molar-refractivity contribution in [1.29, 1.82) is 0 Å². The fourth-order valence-electron chi connectivity index (χ4n) is 5.05. The van der Waals surface area contributed by atoms with Crippen LogP contribution >= 0.6 is 45.8 Å². The number of carbonyl (C=O) groups is 3. The number of halogens is 3. The predicted molar refractivity (Wildman–Crippen MR) is 132 cm³/mol. The summed E-state index contributed by atoms with van der Waals surface area (Å²) >= 11 is 14.4. The summed E-state index contributed by atoms with van der Waals surface area (Å²) in [4.78, 5) is 41.1. The molecule has 0 aliphatic carbocycles. The third kappa shape index (κ3) is 3.90. The lowest BCUT2D eigenvalue weighted by molar-refractivity contribution is -0.149. The summed E-state index contributed by atoms with van der Waals surface area (Å²) in [5.74, 6) is -5.00. The number of rotatable bonds is 5. The smallest absolute Gasteiger partial charge is 0.324 e. The van der Waals surface area contributed by atoms with Crippen molar-refractivity contribution < 1.29 is 24.6 Å². The molecule has 174 valence electrons. The minimum atomic E-state index is -1.71. The molecule has 0 unspecified atom stereocenters. The molecule has 2 fully saturated rings. The van der Waals surface area contributed by atoms with Gasteiger partial charge in [0.1, 0.15) is 11.3 Å². The molecule has 33 heavy (non-hydrogen) atoms. The van der Waals surface area contributed by atoms with Gasteiger partial charge >= 0.3 is 5.97 Å². The number of hydrogen-bond donors (Lipinski definition) is 3. The number of hydrogen-bond acceptors (Lipinski definition) is 5. The van der Waals surface area contributed by atoms with Crippen LogP contribution in [0.25, 0.3) is 0 Å². The number of phenols is 1. The van der Waals surface area contributed by atoms with Crippen LogP contribution < -0.4 is 10.2 Å². The van der Waals surface area contributed by atoms with Crippen molar-refractivity contribution in [2.24, 2.45) is 17.8 Å². The van der Waals surface area contributed by atoms with Gasteiger partial charge in [0, 0.05) is 20.2 Å². The Balaban J connectivity index is 1.91. The van der Waals surface area contributed by atoms with Crippen molar-refractivity contribution in [3.63, 3.8) is 0 Å². The van der Waals surface area contributed by atoms with Gasteiger partial charge in [-0.05, 0) is 71.3 Å². The van der Waals surface area contributed by atoms with E-state index in [2.05, 4.69) is 27.9 Å². The number of benzene rings is 2. The second kappa shape index (κ2) is 8.72. The highest BCUT2D eigenvalue weighted by Crippen LogP contribution is 2.53. The number of aliphatic carboxylic acids is 1. The van der Waals surface area contributed by atoms with Crippen LogP contribution in [-0.2, 0) is 14.4 Å². The van der Waals surface area contributed by atoms with E-state index in [1.165, 1.54) is 12.1 Å². The highest BCUT2D eigenvalue weighted by Gasteiger charge is 2.69. The Bertz CT molecular complexity index is 1160. The van der Waals surface area contributed by atoms with Crippen LogP contribution in [0.15, 0.2) is 36.4 Å². The summed E-state index contributed by atoms with van der Waals surface area (Å²) in [6.07, 6.45) is 0.106. The van der Waals surface area contributed by atoms with Crippen molar-refractivity contribution in [2.45, 2.75) is 31.8 Å². The molecule has 2 amide bonds. The van der Waals surface area contributed by atoms with Crippen molar-refractivity contribution in [3.05, 3.63) is 55.6 Å². The highest BCUT2D eigenvalue weighted by atomic mass is 127. The molecule has 2 saturated heterocycles. The molecule has 2 aliphatic heterocycles. The van der Waals surface area contributed by atoms with Crippen LogP contribution in [0.1, 0.15) is 31.9 Å². The van der Waals surface area contributed by atoms with Crippen LogP contribution in [0, 0.1) is 21.3 Å². The lowest BCUT2D eigenvalue weighted by Crippen LogP contribution is -2.56.